The number of thiophene rings is 1. The van der Waals surface area contributed by atoms with Crippen LogP contribution >= 0.6 is 11.3 Å². The summed E-state index contributed by atoms with van der Waals surface area (Å²) in [4.78, 5) is 20.7. The number of hydrogen-bond donors (Lipinski definition) is 1. The summed E-state index contributed by atoms with van der Waals surface area (Å²) in [6.07, 6.45) is 2.49. The summed E-state index contributed by atoms with van der Waals surface area (Å²) in [5.41, 5.74) is 10.2. The first-order chi connectivity index (χ1) is 15.4. The maximum Gasteiger partial charge on any atom is 0.239 e. The number of aliphatic imine (C=N–C) groups is 1. The molecule has 1 aromatic heterocycles. The number of benzene rings is 2. The van der Waals surface area contributed by atoms with Gasteiger partial charge in [0.15, 0.2) is 5.96 Å². The Bertz CT molecular complexity index is 1270. The van der Waals surface area contributed by atoms with Gasteiger partial charge in [-0.15, -0.1) is 11.3 Å². The Kier molecular flexibility index (Phi) is 4.87. The van der Waals surface area contributed by atoms with Gasteiger partial charge in [-0.25, -0.2) is 4.99 Å². The van der Waals surface area contributed by atoms with Gasteiger partial charge in [0.2, 0.25) is 5.91 Å². The van der Waals surface area contributed by atoms with E-state index in [-0.39, 0.29) is 11.9 Å². The van der Waals surface area contributed by atoms with E-state index in [4.69, 9.17) is 10.7 Å². The molecule has 5 nitrogen and oxygen atoms in total. The molecule has 1 amide bonds. The van der Waals surface area contributed by atoms with Crippen LogP contribution in [0.1, 0.15) is 53.2 Å². The van der Waals surface area contributed by atoms with Crippen LogP contribution in [-0.2, 0) is 10.3 Å². The second-order valence-electron chi connectivity index (χ2n) is 8.78. The van der Waals surface area contributed by atoms with Crippen molar-refractivity contribution >= 4 is 23.2 Å². The van der Waals surface area contributed by atoms with Crippen molar-refractivity contribution in [2.75, 3.05) is 7.05 Å². The topological polar surface area (TPSA) is 82.5 Å². The first-order valence-corrected chi connectivity index (χ1v) is 11.6. The highest BCUT2D eigenvalue weighted by atomic mass is 32.1. The zero-order valence-corrected chi connectivity index (χ0v) is 18.9. The first kappa shape index (κ1) is 20.5. The van der Waals surface area contributed by atoms with E-state index in [1.54, 1.807) is 24.5 Å². The van der Waals surface area contributed by atoms with Crippen molar-refractivity contribution in [2.45, 2.75) is 37.1 Å². The largest absolute Gasteiger partial charge is 0.369 e. The number of carbonyl (C=O) groups is 1. The molecule has 5 rings (SSSR count). The fraction of sp³-hybridized carbons (Fsp3) is 0.269. The van der Waals surface area contributed by atoms with Gasteiger partial charge in [0.05, 0.1) is 17.6 Å². The van der Waals surface area contributed by atoms with Crippen molar-refractivity contribution < 1.29 is 4.79 Å². The summed E-state index contributed by atoms with van der Waals surface area (Å²) in [6.45, 7) is 1.99. The molecule has 1 aliphatic heterocycles. The number of nitrogens with zero attached hydrogens (tertiary/aromatic N) is 3. The molecule has 32 heavy (non-hydrogen) atoms. The third-order valence-corrected chi connectivity index (χ3v) is 7.73. The molecule has 2 heterocycles. The lowest BCUT2D eigenvalue weighted by molar-refractivity contribution is -0.130. The highest BCUT2D eigenvalue weighted by Gasteiger charge is 2.48. The number of nitrogens with two attached hydrogens (primary N) is 1. The highest BCUT2D eigenvalue weighted by Crippen LogP contribution is 2.47. The van der Waals surface area contributed by atoms with Gasteiger partial charge in [0.1, 0.15) is 5.54 Å². The van der Waals surface area contributed by atoms with Crippen LogP contribution in [0.4, 0.5) is 0 Å². The molecule has 2 N–H and O–H groups in total. The van der Waals surface area contributed by atoms with Gasteiger partial charge in [-0.05, 0) is 71.5 Å². The van der Waals surface area contributed by atoms with Crippen LogP contribution in [0, 0.1) is 11.3 Å². The van der Waals surface area contributed by atoms with E-state index in [0.717, 1.165) is 21.6 Å². The second kappa shape index (κ2) is 7.61. The van der Waals surface area contributed by atoms with Crippen LogP contribution in [0.5, 0.6) is 0 Å². The number of rotatable bonds is 4. The quantitative estimate of drug-likeness (QED) is 0.623. The lowest BCUT2D eigenvalue weighted by atomic mass is 9.77. The molecule has 0 saturated heterocycles. The molecule has 2 atom stereocenters. The Labute approximate surface area is 191 Å². The fourth-order valence-corrected chi connectivity index (χ4v) is 5.54. The Morgan fingerprint density at radius 3 is 2.53 bits per heavy atom. The summed E-state index contributed by atoms with van der Waals surface area (Å²) in [5.74, 6) is 0.369. The number of likely N-dealkylation sites (N-methyl/N-ethyl adjacent to an activating group) is 1. The Hall–Kier alpha value is -3.43. The minimum absolute atomic E-state index is 0.0550. The normalized spacial score (nSPS) is 23.0. The van der Waals surface area contributed by atoms with Crippen molar-refractivity contribution in [1.29, 1.82) is 5.26 Å². The third kappa shape index (κ3) is 3.39. The maximum atomic E-state index is 13.5. The highest BCUT2D eigenvalue weighted by molar-refractivity contribution is 7.10. The smallest absolute Gasteiger partial charge is 0.239 e. The number of carbonyl (C=O) groups excluding carboxylic acids is 1. The molecule has 2 aromatic carbocycles. The molecule has 160 valence electrons. The van der Waals surface area contributed by atoms with E-state index >= 15 is 0 Å². The van der Waals surface area contributed by atoms with Crippen LogP contribution in [0.15, 0.2) is 65.0 Å². The van der Waals surface area contributed by atoms with Gasteiger partial charge in [0.25, 0.3) is 0 Å². The summed E-state index contributed by atoms with van der Waals surface area (Å²) in [5, 5.41) is 11.3. The Balaban J connectivity index is 1.58. The summed E-state index contributed by atoms with van der Waals surface area (Å²) < 4.78 is 0. The lowest BCUT2D eigenvalue weighted by Gasteiger charge is -2.40. The van der Waals surface area contributed by atoms with E-state index in [9.17, 15) is 10.1 Å². The molecule has 0 radical (unpaired) electrons. The minimum Gasteiger partial charge on any atom is -0.369 e. The van der Waals surface area contributed by atoms with Gasteiger partial charge in [0, 0.05) is 11.9 Å². The van der Waals surface area contributed by atoms with E-state index < -0.39 is 11.5 Å². The molecule has 2 aliphatic rings. The molecule has 1 unspecified atom stereocenters. The van der Waals surface area contributed by atoms with E-state index in [1.165, 1.54) is 23.3 Å². The van der Waals surface area contributed by atoms with Gasteiger partial charge in [-0.1, -0.05) is 36.4 Å². The molecule has 1 saturated carbocycles. The first-order valence-electron chi connectivity index (χ1n) is 10.7. The van der Waals surface area contributed by atoms with Crippen molar-refractivity contribution in [3.05, 3.63) is 81.5 Å². The molecule has 3 aromatic rings. The number of hydrogen-bond acceptors (Lipinski definition) is 5. The van der Waals surface area contributed by atoms with E-state index in [0.29, 0.717) is 11.5 Å². The van der Waals surface area contributed by atoms with Crippen LogP contribution < -0.4 is 5.73 Å². The predicted molar refractivity (Wildman–Crippen MR) is 127 cm³/mol. The van der Waals surface area contributed by atoms with Crippen LogP contribution in [-0.4, -0.2) is 23.8 Å². The van der Waals surface area contributed by atoms with Crippen molar-refractivity contribution in [1.82, 2.24) is 4.90 Å². The molecule has 0 bridgehead atoms. The number of amides is 1. The summed E-state index contributed by atoms with van der Waals surface area (Å²) >= 11 is 1.57. The van der Waals surface area contributed by atoms with Crippen LogP contribution in [0.3, 0.4) is 0 Å². The van der Waals surface area contributed by atoms with Gasteiger partial charge in [-0.2, -0.15) is 5.26 Å². The molecule has 0 spiro atoms. The van der Waals surface area contributed by atoms with Gasteiger partial charge >= 0.3 is 0 Å². The Morgan fingerprint density at radius 1 is 1.12 bits per heavy atom. The zero-order valence-electron chi connectivity index (χ0n) is 18.1. The molecular formula is C26H24N4OS. The molecule has 1 fully saturated rings. The fourth-order valence-electron chi connectivity index (χ4n) is 4.49. The SMILES string of the molecule is CN1C(=O)C(c2ccc(C3CC3)cc2)[C@@](C)(c2cc(-c3cccc(C#N)c3)cs2)N=C1N. The number of nitriles is 1. The zero-order chi connectivity index (χ0) is 22.5. The molecule has 1 aliphatic carbocycles. The van der Waals surface area contributed by atoms with Gasteiger partial charge in [-0.3, -0.25) is 9.69 Å². The molecule has 6 heteroatoms. The monoisotopic (exact) mass is 440 g/mol. The van der Waals surface area contributed by atoms with E-state index in [2.05, 4.69) is 41.8 Å². The average molecular weight is 441 g/mol. The molecular weight excluding hydrogens is 416 g/mol. The van der Waals surface area contributed by atoms with Crippen LogP contribution in [0.25, 0.3) is 11.1 Å². The van der Waals surface area contributed by atoms with E-state index in [1.807, 2.05) is 25.1 Å². The van der Waals surface area contributed by atoms with Crippen molar-refractivity contribution in [3.63, 3.8) is 0 Å². The predicted octanol–water partition coefficient (Wildman–Crippen LogP) is 4.95. The standard InChI is InChI=1S/C26H24N4OS/c1-26(22-13-21(15-32-22)20-5-3-4-16(12-20)14-27)23(24(31)30(2)25(28)29-26)19-10-8-18(9-11-19)17-6-7-17/h3-5,8-13,15,17,23H,6-7H2,1-2H3,(H2,28,29)/t23?,26-/m1/s1. The third-order valence-electron chi connectivity index (χ3n) is 6.57. The lowest BCUT2D eigenvalue weighted by Crippen LogP contribution is -2.52. The summed E-state index contributed by atoms with van der Waals surface area (Å²) in [7, 11) is 1.68. The average Bonchev–Trinajstić information content (AvgIpc) is 3.53. The number of guanidine groups is 1. The Morgan fingerprint density at radius 2 is 1.84 bits per heavy atom. The minimum atomic E-state index is -0.815. The maximum absolute atomic E-state index is 13.5. The van der Waals surface area contributed by atoms with Crippen molar-refractivity contribution in [2.24, 2.45) is 10.7 Å². The van der Waals surface area contributed by atoms with Crippen molar-refractivity contribution in [3.8, 4) is 17.2 Å². The summed E-state index contributed by atoms with van der Waals surface area (Å²) in [6, 6.07) is 20.2. The van der Waals surface area contributed by atoms with Gasteiger partial charge < -0.3 is 5.73 Å². The second-order valence-corrected chi connectivity index (χ2v) is 9.69. The van der Waals surface area contributed by atoms with Crippen LogP contribution in [0.2, 0.25) is 0 Å².